The molecule has 1 atom stereocenters. The second-order valence-electron chi connectivity index (χ2n) is 8.04. The van der Waals surface area contributed by atoms with E-state index in [1.807, 2.05) is 19.9 Å². The molecule has 10 nitrogen and oxygen atoms in total. The van der Waals surface area contributed by atoms with Gasteiger partial charge in [-0.25, -0.2) is 9.97 Å². The van der Waals surface area contributed by atoms with Crippen molar-refractivity contribution in [1.29, 1.82) is 0 Å². The highest BCUT2D eigenvalue weighted by molar-refractivity contribution is 9.10. The second-order valence-corrected chi connectivity index (χ2v) is 9.87. The fraction of sp³-hybridized carbons (Fsp3) is 0.200. The van der Waals surface area contributed by atoms with Crippen molar-refractivity contribution in [3.63, 3.8) is 0 Å². The monoisotopic (exact) mass is 629 g/mol. The molecular formula is C25H21Br2N5O5. The Bertz CT molecular complexity index is 1570. The average molecular weight is 631 g/mol. The summed E-state index contributed by atoms with van der Waals surface area (Å²) in [4.78, 5) is 32.6. The zero-order valence-electron chi connectivity index (χ0n) is 20.0. The molecule has 0 radical (unpaired) electrons. The van der Waals surface area contributed by atoms with Gasteiger partial charge in [-0.1, -0.05) is 45.7 Å². The van der Waals surface area contributed by atoms with E-state index in [1.165, 1.54) is 30.1 Å². The largest absolute Gasteiger partial charge is 0.493 e. The Morgan fingerprint density at radius 2 is 1.97 bits per heavy atom. The third kappa shape index (κ3) is 5.70. The number of pyridine rings is 1. The number of hydrogen-bond donors (Lipinski definition) is 0. The van der Waals surface area contributed by atoms with E-state index in [9.17, 15) is 14.9 Å². The van der Waals surface area contributed by atoms with E-state index in [0.29, 0.717) is 32.5 Å². The molecule has 4 rings (SSSR count). The van der Waals surface area contributed by atoms with Crippen LogP contribution in [0.1, 0.15) is 37.6 Å². The van der Waals surface area contributed by atoms with Crippen LogP contribution in [0.3, 0.4) is 0 Å². The van der Waals surface area contributed by atoms with Gasteiger partial charge in [0.15, 0.2) is 11.5 Å². The minimum Gasteiger partial charge on any atom is -0.493 e. The predicted octanol–water partition coefficient (Wildman–Crippen LogP) is 6.42. The minimum atomic E-state index is -0.544. The van der Waals surface area contributed by atoms with Crippen molar-refractivity contribution in [3.05, 3.63) is 89.5 Å². The molecule has 0 bridgehead atoms. The van der Waals surface area contributed by atoms with E-state index >= 15 is 0 Å². The normalized spacial score (nSPS) is 12.1. The molecule has 0 amide bonds. The Hall–Kier alpha value is -3.64. The van der Waals surface area contributed by atoms with Crippen molar-refractivity contribution in [2.24, 2.45) is 5.10 Å². The lowest BCUT2D eigenvalue weighted by molar-refractivity contribution is -0.385. The van der Waals surface area contributed by atoms with Gasteiger partial charge in [-0.2, -0.15) is 9.78 Å². The van der Waals surface area contributed by atoms with Crippen LogP contribution in [0.2, 0.25) is 0 Å². The first-order valence-corrected chi connectivity index (χ1v) is 12.7. The average Bonchev–Trinajstić information content (AvgIpc) is 2.89. The summed E-state index contributed by atoms with van der Waals surface area (Å²) < 4.78 is 14.2. The van der Waals surface area contributed by atoms with E-state index in [4.69, 9.17) is 14.5 Å². The van der Waals surface area contributed by atoms with Gasteiger partial charge in [0, 0.05) is 32.6 Å². The van der Waals surface area contributed by atoms with Gasteiger partial charge in [-0.3, -0.25) is 14.9 Å². The van der Waals surface area contributed by atoms with Crippen LogP contribution in [-0.4, -0.2) is 32.9 Å². The lowest BCUT2D eigenvalue weighted by atomic mass is 10.1. The Labute approximate surface area is 228 Å². The molecule has 2 heterocycles. The summed E-state index contributed by atoms with van der Waals surface area (Å²) in [5.41, 5.74) is 0.596. The smallest absolute Gasteiger partial charge is 0.287 e. The van der Waals surface area contributed by atoms with Crippen molar-refractivity contribution in [3.8, 4) is 17.4 Å². The molecule has 0 unspecified atom stereocenters. The molecule has 2 aromatic carbocycles. The lowest BCUT2D eigenvalue weighted by Gasteiger charge is -2.15. The van der Waals surface area contributed by atoms with E-state index in [2.05, 4.69) is 41.9 Å². The third-order valence-corrected chi connectivity index (χ3v) is 6.56. The number of aromatic nitrogens is 3. The number of benzene rings is 2. The van der Waals surface area contributed by atoms with Crippen molar-refractivity contribution in [1.82, 2.24) is 14.6 Å². The van der Waals surface area contributed by atoms with Crippen LogP contribution in [0.4, 0.5) is 5.69 Å². The summed E-state index contributed by atoms with van der Waals surface area (Å²) in [5.74, 6) is 1.25. The molecule has 0 saturated heterocycles. The SMILES string of the molecule is CC[C@H](C)c1nc2ccc(Br)cc2c(=O)n1N=Cc1cc(Br)cc(OC)c1Oc1ccc([N+](=O)[O-])cn1. The zero-order valence-corrected chi connectivity index (χ0v) is 23.2. The maximum absolute atomic E-state index is 13.5. The van der Waals surface area contributed by atoms with E-state index in [-0.39, 0.29) is 28.8 Å². The van der Waals surface area contributed by atoms with Crippen LogP contribution in [0.25, 0.3) is 10.9 Å². The van der Waals surface area contributed by atoms with Crippen LogP contribution in [-0.2, 0) is 0 Å². The van der Waals surface area contributed by atoms with Crippen LogP contribution >= 0.6 is 31.9 Å². The van der Waals surface area contributed by atoms with E-state index in [0.717, 1.165) is 17.1 Å². The zero-order chi connectivity index (χ0) is 26.7. The molecule has 0 spiro atoms. The van der Waals surface area contributed by atoms with Gasteiger partial charge in [0.2, 0.25) is 5.88 Å². The molecule has 0 aliphatic rings. The molecular weight excluding hydrogens is 610 g/mol. The molecule has 0 aliphatic carbocycles. The summed E-state index contributed by atoms with van der Waals surface area (Å²) in [7, 11) is 1.48. The lowest BCUT2D eigenvalue weighted by Crippen LogP contribution is -2.23. The molecule has 190 valence electrons. The number of nitro groups is 1. The van der Waals surface area contributed by atoms with Gasteiger partial charge in [0.05, 0.1) is 29.2 Å². The van der Waals surface area contributed by atoms with Gasteiger partial charge in [0.1, 0.15) is 12.0 Å². The number of nitrogens with zero attached hydrogens (tertiary/aromatic N) is 5. The first-order valence-electron chi connectivity index (χ1n) is 11.1. The Morgan fingerprint density at radius 3 is 2.62 bits per heavy atom. The second kappa shape index (κ2) is 11.2. The maximum atomic E-state index is 13.5. The summed E-state index contributed by atoms with van der Waals surface area (Å²) in [6, 6.07) is 11.5. The van der Waals surface area contributed by atoms with Crippen LogP contribution in [0.15, 0.2) is 67.5 Å². The Balaban J connectivity index is 1.84. The quantitative estimate of drug-likeness (QED) is 0.125. The summed E-state index contributed by atoms with van der Waals surface area (Å²) in [5, 5.41) is 15.9. The van der Waals surface area contributed by atoms with Crippen LogP contribution in [0.5, 0.6) is 17.4 Å². The molecule has 0 aliphatic heterocycles. The predicted molar refractivity (Wildman–Crippen MR) is 147 cm³/mol. The van der Waals surface area contributed by atoms with Gasteiger partial charge < -0.3 is 9.47 Å². The van der Waals surface area contributed by atoms with E-state index in [1.54, 1.807) is 24.3 Å². The number of ether oxygens (including phenoxy) is 2. The summed E-state index contributed by atoms with van der Waals surface area (Å²) in [6.07, 6.45) is 3.34. The van der Waals surface area contributed by atoms with Gasteiger partial charge in [0.25, 0.3) is 11.2 Å². The molecule has 0 N–H and O–H groups in total. The highest BCUT2D eigenvalue weighted by atomic mass is 79.9. The first-order chi connectivity index (χ1) is 17.7. The number of methoxy groups -OCH3 is 1. The summed E-state index contributed by atoms with van der Waals surface area (Å²) >= 11 is 6.87. The molecule has 0 fully saturated rings. The van der Waals surface area contributed by atoms with E-state index < -0.39 is 4.92 Å². The van der Waals surface area contributed by atoms with Gasteiger partial charge >= 0.3 is 0 Å². The fourth-order valence-electron chi connectivity index (χ4n) is 3.49. The van der Waals surface area contributed by atoms with Gasteiger partial charge in [-0.05, 0) is 36.8 Å². The maximum Gasteiger partial charge on any atom is 0.287 e. The van der Waals surface area contributed by atoms with Crippen molar-refractivity contribution >= 4 is 54.7 Å². The molecule has 12 heteroatoms. The molecule has 2 aromatic heterocycles. The Kier molecular flexibility index (Phi) is 7.98. The number of halogens is 2. The highest BCUT2D eigenvalue weighted by Crippen LogP contribution is 2.37. The summed E-state index contributed by atoms with van der Waals surface area (Å²) in [6.45, 7) is 3.99. The third-order valence-electron chi connectivity index (χ3n) is 5.61. The fourth-order valence-corrected chi connectivity index (χ4v) is 4.31. The van der Waals surface area contributed by atoms with Crippen molar-refractivity contribution < 1.29 is 14.4 Å². The topological polar surface area (TPSA) is 122 Å². The number of rotatable bonds is 8. The molecule has 0 saturated carbocycles. The van der Waals surface area contributed by atoms with Crippen LogP contribution in [0, 0.1) is 10.1 Å². The number of hydrogen-bond acceptors (Lipinski definition) is 8. The van der Waals surface area contributed by atoms with Crippen molar-refractivity contribution in [2.75, 3.05) is 7.11 Å². The molecule has 4 aromatic rings. The van der Waals surface area contributed by atoms with Crippen LogP contribution < -0.4 is 15.0 Å². The van der Waals surface area contributed by atoms with Gasteiger partial charge in [-0.15, -0.1) is 0 Å². The van der Waals surface area contributed by atoms with Crippen molar-refractivity contribution in [2.45, 2.75) is 26.2 Å². The number of fused-ring (bicyclic) bond motifs is 1. The highest BCUT2D eigenvalue weighted by Gasteiger charge is 2.18. The first kappa shape index (κ1) is 26.4. The Morgan fingerprint density at radius 1 is 1.19 bits per heavy atom. The minimum absolute atomic E-state index is 0.0324. The molecule has 37 heavy (non-hydrogen) atoms. The standard InChI is InChI=1S/C25H21Br2N5O5/c1-4-14(2)24-30-20-7-5-16(26)10-19(20)25(33)31(24)29-12-15-9-17(27)11-21(36-3)23(15)37-22-8-6-18(13-28-22)32(34)35/h5-14H,4H2,1-3H3/t14-/m0/s1.